The van der Waals surface area contributed by atoms with Crippen molar-refractivity contribution in [1.29, 1.82) is 0 Å². The number of aromatic hydroxyl groups is 1. The number of rotatable bonds is 5. The minimum atomic E-state index is -0.660. The largest absolute Gasteiger partial charge is 0.493 e. The zero-order valence-corrected chi connectivity index (χ0v) is 24.3. The van der Waals surface area contributed by atoms with E-state index in [1.165, 1.54) is 4.57 Å². The number of ether oxygens (including phenoxy) is 2. The third kappa shape index (κ3) is 5.89. The number of carbonyl (C=O) groups is 1. The number of nitrogens with one attached hydrogen (secondary N) is 1. The number of aromatic nitrogens is 3. The summed E-state index contributed by atoms with van der Waals surface area (Å²) in [6.45, 7) is 11.0. The molecular weight excluding hydrogens is 578 g/mol. The second-order valence-electron chi connectivity index (χ2n) is 10.4. The van der Waals surface area contributed by atoms with E-state index in [1.54, 1.807) is 29.3 Å². The Morgan fingerprint density at radius 1 is 1.37 bits per heavy atom. The number of nitrogens with zero attached hydrogens (tertiary/aromatic N) is 4. The van der Waals surface area contributed by atoms with Crippen LogP contribution in [0.3, 0.4) is 0 Å². The van der Waals surface area contributed by atoms with Gasteiger partial charge in [-0.25, -0.2) is 9.59 Å². The Labute approximate surface area is 234 Å². The number of pyridine rings is 1. The Morgan fingerprint density at radius 3 is 2.79 bits per heavy atom. The highest BCUT2D eigenvalue weighted by atomic mass is 79.9. The predicted octanol–water partition coefficient (Wildman–Crippen LogP) is 4.61. The first kappa shape index (κ1) is 28.1. The summed E-state index contributed by atoms with van der Waals surface area (Å²) in [5.74, 6) is -0.299. The fourth-order valence-corrected chi connectivity index (χ4v) is 4.91. The van der Waals surface area contributed by atoms with E-state index in [0.717, 1.165) is 0 Å². The maximum atomic E-state index is 13.1. The lowest BCUT2D eigenvalue weighted by Crippen LogP contribution is -2.55. The summed E-state index contributed by atoms with van der Waals surface area (Å²) in [6, 6.07) is 4.93. The number of halogens is 2. The molecule has 3 aromatic rings. The number of carbonyl (C=O) groups excluding carboxylic acids is 1. The van der Waals surface area contributed by atoms with Crippen molar-refractivity contribution in [2.24, 2.45) is 0 Å². The Balaban J connectivity index is 1.71. The molecule has 1 aliphatic rings. The van der Waals surface area contributed by atoms with Crippen LogP contribution in [0.2, 0.25) is 5.02 Å². The molecule has 0 bridgehead atoms. The van der Waals surface area contributed by atoms with Gasteiger partial charge in [-0.05, 0) is 60.8 Å². The monoisotopic (exact) mass is 607 g/mol. The van der Waals surface area contributed by atoms with Crippen molar-refractivity contribution in [3.8, 4) is 17.3 Å². The summed E-state index contributed by atoms with van der Waals surface area (Å²) < 4.78 is 13.5. The van der Waals surface area contributed by atoms with Crippen LogP contribution in [0.4, 0.5) is 4.79 Å². The third-order valence-corrected chi connectivity index (χ3v) is 7.18. The molecule has 1 atom stereocenters. The van der Waals surface area contributed by atoms with Gasteiger partial charge in [0.1, 0.15) is 17.6 Å². The van der Waals surface area contributed by atoms with Crippen molar-refractivity contribution >= 4 is 44.5 Å². The smallest absolute Gasteiger partial charge is 0.410 e. The maximum Gasteiger partial charge on any atom is 0.410 e. The molecule has 2 N–H and O–H groups in total. The topological polar surface area (TPSA) is 119 Å². The third-order valence-electron chi connectivity index (χ3n) is 5.95. The van der Waals surface area contributed by atoms with Crippen molar-refractivity contribution in [2.45, 2.75) is 52.2 Å². The fraction of sp³-hybridized carbons (Fsp3) is 0.462. The SMILES string of the molecule is CC(C)c1ncccc1-n1c(=O)nc(O)c2c(OC[C@@H]3CN(C(=O)OC(C)(C)C)CCN3)c(Cl)c(Br)cc21. The second-order valence-corrected chi connectivity index (χ2v) is 11.6. The molecular formula is C26H31BrClN5O5. The molecule has 1 amide bonds. The van der Waals surface area contributed by atoms with Crippen molar-refractivity contribution in [3.63, 3.8) is 0 Å². The summed E-state index contributed by atoms with van der Waals surface area (Å²) in [5.41, 5.74) is 0.348. The molecule has 12 heteroatoms. The number of amides is 1. The van der Waals surface area contributed by atoms with E-state index in [9.17, 15) is 14.7 Å². The maximum absolute atomic E-state index is 13.1. The molecule has 0 saturated carbocycles. The van der Waals surface area contributed by atoms with E-state index >= 15 is 0 Å². The van der Waals surface area contributed by atoms with Gasteiger partial charge in [0.15, 0.2) is 5.75 Å². The van der Waals surface area contributed by atoms with E-state index in [0.29, 0.717) is 41.0 Å². The van der Waals surface area contributed by atoms with Gasteiger partial charge in [-0.1, -0.05) is 25.4 Å². The average Bonchev–Trinajstić information content (AvgIpc) is 2.84. The van der Waals surface area contributed by atoms with E-state index < -0.39 is 23.3 Å². The molecule has 0 radical (unpaired) electrons. The zero-order chi connectivity index (χ0) is 27.8. The molecule has 0 aliphatic carbocycles. The lowest BCUT2D eigenvalue weighted by Gasteiger charge is -2.34. The molecule has 1 aliphatic heterocycles. The number of piperazine rings is 1. The number of hydrogen-bond donors (Lipinski definition) is 2. The minimum Gasteiger partial charge on any atom is -0.493 e. The van der Waals surface area contributed by atoms with Gasteiger partial charge in [0.25, 0.3) is 0 Å². The van der Waals surface area contributed by atoms with Crippen LogP contribution in [0, 0.1) is 0 Å². The number of hydrogen-bond acceptors (Lipinski definition) is 8. The summed E-state index contributed by atoms with van der Waals surface area (Å²) >= 11 is 10.1. The van der Waals surface area contributed by atoms with Gasteiger partial charge in [0.05, 0.1) is 28.0 Å². The molecule has 4 rings (SSSR count). The molecule has 1 saturated heterocycles. The summed E-state index contributed by atoms with van der Waals surface area (Å²) in [7, 11) is 0. The van der Waals surface area contributed by atoms with Crippen LogP contribution in [-0.4, -0.2) is 68.5 Å². The highest BCUT2D eigenvalue weighted by molar-refractivity contribution is 9.10. The number of fused-ring (bicyclic) bond motifs is 1. The molecule has 2 aromatic heterocycles. The van der Waals surface area contributed by atoms with E-state index in [-0.39, 0.29) is 34.7 Å². The van der Waals surface area contributed by atoms with Crippen LogP contribution in [0.15, 0.2) is 33.7 Å². The van der Waals surface area contributed by atoms with Gasteiger partial charge in [-0.3, -0.25) is 9.55 Å². The lowest BCUT2D eigenvalue weighted by molar-refractivity contribution is 0.0178. The van der Waals surface area contributed by atoms with Crippen LogP contribution in [0.1, 0.15) is 46.2 Å². The Hall–Kier alpha value is -2.89. The fourth-order valence-electron chi connectivity index (χ4n) is 4.31. The average molecular weight is 609 g/mol. The lowest BCUT2D eigenvalue weighted by atomic mass is 10.1. The van der Waals surface area contributed by atoms with Gasteiger partial charge in [0, 0.05) is 30.3 Å². The van der Waals surface area contributed by atoms with Crippen molar-refractivity contribution in [3.05, 3.63) is 50.1 Å². The standard InChI is InChI=1S/C26H31BrClN5O5/c1-14(2)21-17(7-6-8-30-21)33-18-11-16(27)20(28)22(19(18)23(34)31-24(33)35)37-13-15-12-32(10-9-29-15)25(36)38-26(3,4)5/h6-8,11,14-15,29H,9-10,12-13H2,1-5H3,(H,31,34,35)/t15-/m0/s1. The van der Waals surface area contributed by atoms with E-state index in [4.69, 9.17) is 21.1 Å². The highest BCUT2D eigenvalue weighted by Crippen LogP contribution is 2.42. The van der Waals surface area contributed by atoms with Crippen LogP contribution >= 0.6 is 27.5 Å². The first-order valence-electron chi connectivity index (χ1n) is 12.3. The van der Waals surface area contributed by atoms with Gasteiger partial charge in [-0.2, -0.15) is 4.98 Å². The second kappa shape index (κ2) is 11.1. The van der Waals surface area contributed by atoms with Crippen molar-refractivity contribution in [2.75, 3.05) is 26.2 Å². The zero-order valence-electron chi connectivity index (χ0n) is 21.9. The Bertz CT molecular complexity index is 1420. The molecule has 1 aromatic carbocycles. The number of benzene rings is 1. The molecule has 204 valence electrons. The molecule has 0 spiro atoms. The first-order valence-corrected chi connectivity index (χ1v) is 13.5. The van der Waals surface area contributed by atoms with E-state index in [1.807, 2.05) is 34.6 Å². The van der Waals surface area contributed by atoms with Gasteiger partial charge >= 0.3 is 11.8 Å². The molecule has 38 heavy (non-hydrogen) atoms. The van der Waals surface area contributed by atoms with Crippen LogP contribution in [0.25, 0.3) is 16.6 Å². The van der Waals surface area contributed by atoms with Gasteiger partial charge < -0.3 is 24.8 Å². The normalized spacial score (nSPS) is 16.2. The highest BCUT2D eigenvalue weighted by Gasteiger charge is 2.29. The van der Waals surface area contributed by atoms with E-state index in [2.05, 4.69) is 31.2 Å². The van der Waals surface area contributed by atoms with Gasteiger partial charge in [-0.15, -0.1) is 0 Å². The Morgan fingerprint density at radius 2 is 2.11 bits per heavy atom. The van der Waals surface area contributed by atoms with Crippen molar-refractivity contribution in [1.82, 2.24) is 24.8 Å². The summed E-state index contributed by atoms with van der Waals surface area (Å²) in [4.78, 5) is 35.6. The summed E-state index contributed by atoms with van der Waals surface area (Å²) in [5, 5.41) is 14.5. The van der Waals surface area contributed by atoms with Crippen LogP contribution < -0.4 is 15.7 Å². The molecule has 10 nitrogen and oxygen atoms in total. The molecule has 3 heterocycles. The van der Waals surface area contributed by atoms with Gasteiger partial charge in [0.2, 0.25) is 5.88 Å². The first-order chi connectivity index (χ1) is 17.9. The minimum absolute atomic E-state index is 0.0266. The van der Waals surface area contributed by atoms with Crippen LogP contribution in [-0.2, 0) is 4.74 Å². The van der Waals surface area contributed by atoms with Crippen molar-refractivity contribution < 1.29 is 19.4 Å². The molecule has 0 unspecified atom stereocenters. The summed E-state index contributed by atoms with van der Waals surface area (Å²) in [6.07, 6.45) is 1.28. The molecule has 1 fully saturated rings. The predicted molar refractivity (Wildman–Crippen MR) is 149 cm³/mol. The Kier molecular flexibility index (Phi) is 8.20. The quantitative estimate of drug-likeness (QED) is 0.431. The van der Waals surface area contributed by atoms with Crippen LogP contribution in [0.5, 0.6) is 11.6 Å².